The summed E-state index contributed by atoms with van der Waals surface area (Å²) in [7, 11) is 0. The van der Waals surface area contributed by atoms with E-state index in [0.717, 1.165) is 9.36 Å². The van der Waals surface area contributed by atoms with Gasteiger partial charge in [0, 0.05) is 23.5 Å². The summed E-state index contributed by atoms with van der Waals surface area (Å²) in [6.07, 6.45) is -19.8. The maximum atomic E-state index is 12.8. The van der Waals surface area contributed by atoms with Gasteiger partial charge in [-0.05, 0) is 39.8 Å². The normalized spacial score (nSPS) is 11.0. The molecule has 0 aliphatic rings. The molecule has 0 aromatic carbocycles. The third-order valence-corrected chi connectivity index (χ3v) is 5.46. The van der Waals surface area contributed by atoms with Gasteiger partial charge < -0.3 is 14.9 Å². The van der Waals surface area contributed by atoms with Crippen LogP contribution in [-0.2, 0) is 72.2 Å². The summed E-state index contributed by atoms with van der Waals surface area (Å²) < 4.78 is 155. The van der Waals surface area contributed by atoms with Crippen molar-refractivity contribution >= 4 is 0 Å². The van der Waals surface area contributed by atoms with Crippen LogP contribution in [0.25, 0.3) is 0 Å². The van der Waals surface area contributed by atoms with E-state index in [1.165, 1.54) is 0 Å². The molecule has 22 heteroatoms. The number of alkyl halides is 12. The predicted molar refractivity (Wildman–Crippen MR) is 153 cm³/mol. The van der Waals surface area contributed by atoms with Crippen LogP contribution in [0.4, 0.5) is 52.7 Å². The van der Waals surface area contributed by atoms with Gasteiger partial charge in [-0.2, -0.15) is 73.1 Å². The second kappa shape index (κ2) is 20.3. The summed E-state index contributed by atoms with van der Waals surface area (Å²) in [4.78, 5) is 0. The van der Waals surface area contributed by atoms with Gasteiger partial charge in [-0.1, -0.05) is 0 Å². The van der Waals surface area contributed by atoms with Crippen molar-refractivity contribution in [2.45, 2.75) is 65.7 Å². The van der Waals surface area contributed by atoms with Crippen LogP contribution in [0.3, 0.4) is 0 Å². The van der Waals surface area contributed by atoms with Gasteiger partial charge in [0.2, 0.25) is 0 Å². The first kappa shape index (κ1) is 53.2. The van der Waals surface area contributed by atoms with Gasteiger partial charge >= 0.3 is 58.8 Å². The van der Waals surface area contributed by atoms with Crippen LogP contribution in [0.5, 0.6) is 0 Å². The summed E-state index contributed by atoms with van der Waals surface area (Å²) in [6.45, 7) is 18.3. The molecule has 4 aromatic rings. The molecule has 0 N–H and O–H groups in total. The molecule has 0 fully saturated rings. The molecule has 0 spiro atoms. The Morgan fingerprint density at radius 2 is 0.760 bits per heavy atom. The molecule has 50 heavy (non-hydrogen) atoms. The summed E-state index contributed by atoms with van der Waals surface area (Å²) >= 11 is 0. The van der Waals surface area contributed by atoms with Crippen LogP contribution >= 0.6 is 0 Å². The molecule has 0 aliphatic heterocycles. The van der Waals surface area contributed by atoms with E-state index < -0.39 is 60.8 Å². The molecule has 4 heterocycles. The van der Waals surface area contributed by atoms with Crippen molar-refractivity contribution in [2.75, 3.05) is 0 Å². The first-order valence-electron chi connectivity index (χ1n) is 12.3. The van der Waals surface area contributed by atoms with Gasteiger partial charge in [0.25, 0.3) is 0 Å². The molecule has 4 aromatic heterocycles. The Morgan fingerprint density at radius 3 is 0.940 bits per heavy atom. The van der Waals surface area contributed by atoms with Crippen molar-refractivity contribution < 1.29 is 86.8 Å². The van der Waals surface area contributed by atoms with E-state index in [9.17, 15) is 52.7 Å². The van der Waals surface area contributed by atoms with Crippen molar-refractivity contribution in [3.63, 3.8) is 0 Å². The molecule has 0 unspecified atom stereocenters. The molecule has 0 amide bonds. The standard InChI is InChI=1S/2C11H10F6N4.C2H4.C2H3.2CH3.2Cu/c2*1-6-3-7(2)20(18-6)5-21-9(11(15,16)17)4-8(19-21)10(12,13)14;2*1-2;;;;/h2*3-4H,5H2,1-2H3;1-2H2;1H,2H2;2*1H3;;/q;;;+1;2*-1;2*+1. The first-order chi connectivity index (χ1) is 21.0. The molecule has 8 nitrogen and oxygen atoms in total. The minimum Gasteiger partial charge on any atom is -0.358 e. The third kappa shape index (κ3) is 14.3. The Balaban J connectivity index is -0.000000359. The molecule has 0 aliphatic carbocycles. The number of hydrogen-bond acceptors (Lipinski definition) is 4. The van der Waals surface area contributed by atoms with Gasteiger partial charge in [-0.15, -0.1) is 13.2 Å². The molecule has 0 radical (unpaired) electrons. The topological polar surface area (TPSA) is 71.3 Å². The van der Waals surface area contributed by atoms with Crippen molar-refractivity contribution in [1.29, 1.82) is 0 Å². The van der Waals surface area contributed by atoms with E-state index >= 15 is 0 Å². The Hall–Kier alpha value is -3.57. The van der Waals surface area contributed by atoms with Crippen LogP contribution in [0, 0.1) is 49.1 Å². The summed E-state index contributed by atoms with van der Waals surface area (Å²) in [5.41, 5.74) is -3.99. The van der Waals surface area contributed by atoms with Crippen molar-refractivity contribution in [1.82, 2.24) is 39.1 Å². The van der Waals surface area contributed by atoms with E-state index in [-0.39, 0.29) is 70.5 Å². The first-order valence-corrected chi connectivity index (χ1v) is 12.3. The fourth-order valence-electron chi connectivity index (χ4n) is 3.67. The number of halogens is 12. The van der Waals surface area contributed by atoms with Crippen molar-refractivity contribution in [3.8, 4) is 0 Å². The molecular formula is C28H33Cu2F12N8+. The van der Waals surface area contributed by atoms with Crippen molar-refractivity contribution in [2.24, 2.45) is 0 Å². The largest absolute Gasteiger partial charge is 1.00 e. The van der Waals surface area contributed by atoms with Gasteiger partial charge in [-0.3, -0.25) is 0 Å². The van der Waals surface area contributed by atoms with Gasteiger partial charge in [-0.25, -0.2) is 18.7 Å². The molecule has 290 valence electrons. The van der Waals surface area contributed by atoms with Crippen LogP contribution < -0.4 is 0 Å². The third-order valence-electron chi connectivity index (χ3n) is 5.46. The molecule has 4 rings (SSSR count). The quantitative estimate of drug-likeness (QED) is 0.0893. The minimum atomic E-state index is -4.94. The smallest absolute Gasteiger partial charge is 0.358 e. The zero-order chi connectivity index (χ0) is 36.0. The van der Waals surface area contributed by atoms with E-state index in [1.54, 1.807) is 39.8 Å². The maximum Gasteiger partial charge on any atom is 1.00 e. The van der Waals surface area contributed by atoms with E-state index in [0.29, 0.717) is 22.8 Å². The van der Waals surface area contributed by atoms with Crippen LogP contribution in [-0.4, -0.2) is 39.1 Å². The van der Waals surface area contributed by atoms with Crippen LogP contribution in [0.2, 0.25) is 0 Å². The average molecular weight is 837 g/mol. The van der Waals surface area contributed by atoms with Gasteiger partial charge in [0.15, 0.2) is 18.0 Å². The second-order valence-corrected chi connectivity index (χ2v) is 8.96. The fraction of sp³-hybridized carbons (Fsp3) is 0.357. The number of rotatable bonds is 4. The van der Waals surface area contributed by atoms with E-state index in [4.69, 9.17) is 0 Å². The SMILES string of the molecule is C=C.Cc1cc(C)n(Cn2nc(C(F)(F)F)cc2C(F)(F)F)n1.Cc1cc(C)n(Cn2nc(C(F)(F)F)cc2C(F)(F)F)n1.[CH+]=C.[CH3-].[CH3-].[Cu+].[Cu+]. The maximum absolute atomic E-state index is 12.8. The summed E-state index contributed by atoms with van der Waals surface area (Å²) in [6, 6.07) is 3.18. The van der Waals surface area contributed by atoms with Gasteiger partial charge in [0.1, 0.15) is 31.3 Å². The molecule has 0 saturated carbocycles. The zero-order valence-corrected chi connectivity index (χ0v) is 29.0. The zero-order valence-electron chi connectivity index (χ0n) is 27.1. The second-order valence-electron chi connectivity index (χ2n) is 8.96. The minimum absolute atomic E-state index is 0. The number of hydrogen-bond donors (Lipinski definition) is 0. The molecule has 0 saturated heterocycles. The number of aromatic nitrogens is 8. The Kier molecular flexibility index (Phi) is 21.6. The van der Waals surface area contributed by atoms with Crippen LogP contribution in [0.15, 0.2) is 44.0 Å². The Bertz CT molecular complexity index is 1460. The predicted octanol–water partition coefficient (Wildman–Crippen LogP) is 8.78. The summed E-state index contributed by atoms with van der Waals surface area (Å²) in [5, 5.41) is 13.8. The van der Waals surface area contributed by atoms with Crippen molar-refractivity contribution in [3.05, 3.63) is 111 Å². The van der Waals surface area contributed by atoms with E-state index in [1.807, 2.05) is 0 Å². The Labute approximate surface area is 302 Å². The number of aryl methyl sites for hydroxylation is 4. The molecule has 0 bridgehead atoms. The molecular weight excluding hydrogens is 803 g/mol. The van der Waals surface area contributed by atoms with E-state index in [2.05, 4.69) is 46.7 Å². The number of nitrogens with zero attached hydrogens (tertiary/aromatic N) is 8. The van der Waals surface area contributed by atoms with Crippen LogP contribution in [0.1, 0.15) is 45.6 Å². The Morgan fingerprint density at radius 1 is 0.500 bits per heavy atom. The average Bonchev–Trinajstić information content (AvgIpc) is 3.68. The van der Waals surface area contributed by atoms with Gasteiger partial charge in [0.05, 0.1) is 11.4 Å². The molecule has 0 atom stereocenters. The monoisotopic (exact) mass is 835 g/mol. The summed E-state index contributed by atoms with van der Waals surface area (Å²) in [5.74, 6) is 0. The fourth-order valence-corrected chi connectivity index (χ4v) is 3.67.